The largest absolute Gasteiger partial charge is 0.480 e. The second-order valence-electron chi connectivity index (χ2n) is 4.54. The van der Waals surface area contributed by atoms with Gasteiger partial charge in [0.25, 0.3) is 0 Å². The van der Waals surface area contributed by atoms with Crippen LogP contribution in [0.3, 0.4) is 0 Å². The first-order valence-corrected chi connectivity index (χ1v) is 7.52. The first-order chi connectivity index (χ1) is 8.88. The summed E-state index contributed by atoms with van der Waals surface area (Å²) in [6.45, 7) is 1.34. The first kappa shape index (κ1) is 18.6. The van der Waals surface area contributed by atoms with E-state index in [4.69, 9.17) is 5.11 Å². The zero-order valence-electron chi connectivity index (χ0n) is 11.1. The summed E-state index contributed by atoms with van der Waals surface area (Å²) in [6, 6.07) is -1.24. The SMILES string of the molecule is CC(O)C(NC(=O)CCCCC(S)CCS)C(=O)O. The maximum atomic E-state index is 11.5. The highest BCUT2D eigenvalue weighted by molar-refractivity contribution is 7.81. The minimum Gasteiger partial charge on any atom is -0.480 e. The van der Waals surface area contributed by atoms with Gasteiger partial charge in [0.2, 0.25) is 5.91 Å². The summed E-state index contributed by atoms with van der Waals surface area (Å²) in [5.74, 6) is -0.783. The van der Waals surface area contributed by atoms with E-state index in [1.807, 2.05) is 0 Å². The maximum absolute atomic E-state index is 11.5. The normalized spacial score (nSPS) is 15.6. The number of amides is 1. The fraction of sp³-hybridized carbons (Fsp3) is 0.833. The van der Waals surface area contributed by atoms with Gasteiger partial charge < -0.3 is 15.5 Å². The second kappa shape index (κ2) is 10.4. The van der Waals surface area contributed by atoms with E-state index < -0.39 is 18.1 Å². The molecule has 0 heterocycles. The van der Waals surface area contributed by atoms with Gasteiger partial charge in [-0.1, -0.05) is 6.42 Å². The Morgan fingerprint density at radius 1 is 1.26 bits per heavy atom. The molecule has 0 aliphatic rings. The Bertz CT molecular complexity index is 287. The standard InChI is InChI=1S/C12H23NO4S2/c1-8(14)11(12(16)17)13-10(15)5-3-2-4-9(19)6-7-18/h8-9,11,14,18-19H,2-7H2,1H3,(H,13,15)(H,16,17). The summed E-state index contributed by atoms with van der Waals surface area (Å²) in [7, 11) is 0. The van der Waals surface area contributed by atoms with Crippen molar-refractivity contribution in [2.24, 2.45) is 0 Å². The molecule has 0 saturated carbocycles. The average Bonchev–Trinajstić information content (AvgIpc) is 2.31. The minimum absolute atomic E-state index is 0.262. The predicted octanol–water partition coefficient (Wildman–Crippen LogP) is 1.12. The Kier molecular flexibility index (Phi) is 10.2. The van der Waals surface area contributed by atoms with Crippen LogP contribution in [0.4, 0.5) is 0 Å². The number of aliphatic carboxylic acids is 1. The number of aliphatic hydroxyl groups excluding tert-OH is 1. The molecule has 112 valence electrons. The van der Waals surface area contributed by atoms with E-state index in [1.165, 1.54) is 6.92 Å². The molecule has 0 bridgehead atoms. The lowest BCUT2D eigenvalue weighted by atomic mass is 10.1. The summed E-state index contributed by atoms with van der Waals surface area (Å²) >= 11 is 8.51. The summed E-state index contributed by atoms with van der Waals surface area (Å²) in [4.78, 5) is 22.3. The molecule has 0 fully saturated rings. The number of carboxylic acids is 1. The van der Waals surface area contributed by atoms with Crippen LogP contribution in [-0.2, 0) is 9.59 Å². The van der Waals surface area contributed by atoms with Gasteiger partial charge in [-0.2, -0.15) is 25.3 Å². The van der Waals surface area contributed by atoms with E-state index in [0.29, 0.717) is 11.7 Å². The van der Waals surface area contributed by atoms with Crippen LogP contribution in [0, 0.1) is 0 Å². The number of thiol groups is 2. The zero-order valence-corrected chi connectivity index (χ0v) is 12.9. The van der Waals surface area contributed by atoms with E-state index in [-0.39, 0.29) is 12.3 Å². The maximum Gasteiger partial charge on any atom is 0.328 e. The highest BCUT2D eigenvalue weighted by Crippen LogP contribution is 2.12. The predicted molar refractivity (Wildman–Crippen MR) is 81.0 cm³/mol. The lowest BCUT2D eigenvalue weighted by Crippen LogP contribution is -2.47. The monoisotopic (exact) mass is 309 g/mol. The summed E-state index contributed by atoms with van der Waals surface area (Å²) in [6.07, 6.45) is 2.54. The summed E-state index contributed by atoms with van der Waals surface area (Å²) in [5.41, 5.74) is 0. The van der Waals surface area contributed by atoms with Gasteiger partial charge in [0.05, 0.1) is 6.10 Å². The van der Waals surface area contributed by atoms with Gasteiger partial charge in [0, 0.05) is 11.7 Å². The number of carboxylic acid groups (broad SMARTS) is 1. The number of carbonyl (C=O) groups excluding carboxylic acids is 1. The fourth-order valence-corrected chi connectivity index (χ4v) is 2.42. The van der Waals surface area contributed by atoms with Crippen molar-refractivity contribution in [1.82, 2.24) is 5.32 Å². The number of carbonyl (C=O) groups is 2. The molecule has 3 N–H and O–H groups in total. The van der Waals surface area contributed by atoms with Crippen molar-refractivity contribution in [1.29, 1.82) is 0 Å². The highest BCUT2D eigenvalue weighted by Gasteiger charge is 2.24. The van der Waals surface area contributed by atoms with Crippen molar-refractivity contribution in [3.8, 4) is 0 Å². The van der Waals surface area contributed by atoms with Gasteiger partial charge in [-0.25, -0.2) is 4.79 Å². The van der Waals surface area contributed by atoms with Crippen molar-refractivity contribution < 1.29 is 19.8 Å². The van der Waals surface area contributed by atoms with Crippen molar-refractivity contribution in [3.63, 3.8) is 0 Å². The van der Waals surface area contributed by atoms with Gasteiger partial charge >= 0.3 is 5.97 Å². The van der Waals surface area contributed by atoms with Crippen LogP contribution in [0.5, 0.6) is 0 Å². The molecule has 0 aliphatic heterocycles. The molecule has 0 aromatic heterocycles. The molecule has 3 unspecified atom stereocenters. The van der Waals surface area contributed by atoms with E-state index in [0.717, 1.165) is 25.0 Å². The fourth-order valence-electron chi connectivity index (χ4n) is 1.59. The summed E-state index contributed by atoms with van der Waals surface area (Å²) in [5, 5.41) is 20.6. The van der Waals surface area contributed by atoms with E-state index in [2.05, 4.69) is 30.6 Å². The van der Waals surface area contributed by atoms with Gasteiger partial charge in [0.1, 0.15) is 0 Å². The molecule has 0 saturated heterocycles. The van der Waals surface area contributed by atoms with Gasteiger partial charge in [-0.3, -0.25) is 4.79 Å². The lowest BCUT2D eigenvalue weighted by molar-refractivity contribution is -0.144. The third kappa shape index (κ3) is 9.18. The molecular weight excluding hydrogens is 286 g/mol. The quantitative estimate of drug-likeness (QED) is 0.309. The van der Waals surface area contributed by atoms with Crippen LogP contribution in [0.15, 0.2) is 0 Å². The number of unbranched alkanes of at least 4 members (excludes halogenated alkanes) is 1. The molecule has 0 aromatic rings. The third-order valence-electron chi connectivity index (χ3n) is 2.72. The topological polar surface area (TPSA) is 86.6 Å². The van der Waals surface area contributed by atoms with Crippen LogP contribution in [0.2, 0.25) is 0 Å². The van der Waals surface area contributed by atoms with Crippen molar-refractivity contribution in [2.45, 2.75) is 56.4 Å². The number of aliphatic hydroxyl groups is 1. The van der Waals surface area contributed by atoms with Crippen LogP contribution in [0.1, 0.15) is 39.0 Å². The molecule has 7 heteroatoms. The molecule has 1 amide bonds. The smallest absolute Gasteiger partial charge is 0.328 e. The molecule has 0 aromatic carbocycles. The van der Waals surface area contributed by atoms with Crippen LogP contribution in [-0.4, -0.2) is 45.2 Å². The van der Waals surface area contributed by atoms with Crippen molar-refractivity contribution in [3.05, 3.63) is 0 Å². The van der Waals surface area contributed by atoms with Gasteiger partial charge in [-0.15, -0.1) is 0 Å². The van der Waals surface area contributed by atoms with E-state index in [9.17, 15) is 14.7 Å². The molecular formula is C12H23NO4S2. The van der Waals surface area contributed by atoms with Crippen LogP contribution >= 0.6 is 25.3 Å². The average molecular weight is 309 g/mol. The Morgan fingerprint density at radius 3 is 2.37 bits per heavy atom. The van der Waals surface area contributed by atoms with Gasteiger partial charge in [0.15, 0.2) is 6.04 Å². The highest BCUT2D eigenvalue weighted by atomic mass is 32.1. The van der Waals surface area contributed by atoms with Crippen LogP contribution in [0.25, 0.3) is 0 Å². The minimum atomic E-state index is -1.24. The number of nitrogens with one attached hydrogen (secondary N) is 1. The molecule has 0 rings (SSSR count). The molecule has 19 heavy (non-hydrogen) atoms. The molecule has 0 aliphatic carbocycles. The Labute approximate surface area is 125 Å². The Morgan fingerprint density at radius 2 is 1.89 bits per heavy atom. The van der Waals surface area contributed by atoms with Crippen LogP contribution < -0.4 is 5.32 Å². The van der Waals surface area contributed by atoms with Crippen molar-refractivity contribution in [2.75, 3.05) is 5.75 Å². The number of rotatable bonds is 10. The second-order valence-corrected chi connectivity index (χ2v) is 5.71. The lowest BCUT2D eigenvalue weighted by Gasteiger charge is -2.17. The van der Waals surface area contributed by atoms with Gasteiger partial charge in [-0.05, 0) is 31.9 Å². The van der Waals surface area contributed by atoms with E-state index in [1.54, 1.807) is 0 Å². The molecule has 5 nitrogen and oxygen atoms in total. The first-order valence-electron chi connectivity index (χ1n) is 6.37. The van der Waals surface area contributed by atoms with E-state index >= 15 is 0 Å². The summed E-state index contributed by atoms with van der Waals surface area (Å²) < 4.78 is 0. The Hall–Kier alpha value is -0.400. The zero-order chi connectivity index (χ0) is 14.8. The van der Waals surface area contributed by atoms with Crippen molar-refractivity contribution >= 4 is 37.1 Å². The molecule has 0 radical (unpaired) electrons. The molecule has 3 atom stereocenters. The molecule has 0 spiro atoms. The number of hydrogen-bond donors (Lipinski definition) is 5. The Balaban J connectivity index is 3.83. The number of hydrogen-bond acceptors (Lipinski definition) is 5. The third-order valence-corrected chi connectivity index (χ3v) is 3.49.